The van der Waals surface area contributed by atoms with Crippen LogP contribution in [0.5, 0.6) is 0 Å². The maximum Gasteiger partial charge on any atom is 0.289 e. The Balaban J connectivity index is 1.60. The Kier molecular flexibility index (Phi) is 6.14. The van der Waals surface area contributed by atoms with Crippen LogP contribution < -0.4 is 0 Å². The van der Waals surface area contributed by atoms with Crippen LogP contribution in [0.3, 0.4) is 0 Å². The average Bonchev–Trinajstić information content (AvgIpc) is 2.76. The van der Waals surface area contributed by atoms with Crippen LogP contribution in [0.1, 0.15) is 24.8 Å². The molecular formula is C21H24N2O6S. The van der Waals surface area contributed by atoms with E-state index in [1.54, 1.807) is 0 Å². The molecule has 0 N–H and O–H groups in total. The number of sulfonamides is 1. The van der Waals surface area contributed by atoms with Gasteiger partial charge in [-0.1, -0.05) is 42.5 Å². The van der Waals surface area contributed by atoms with Crippen LogP contribution in [0.4, 0.5) is 5.69 Å². The highest BCUT2D eigenvalue weighted by Gasteiger charge is 2.49. The maximum absolute atomic E-state index is 13.3. The van der Waals surface area contributed by atoms with Gasteiger partial charge in [0.2, 0.25) is 10.0 Å². The summed E-state index contributed by atoms with van der Waals surface area (Å²) in [6.07, 6.45) is 2.59. The molecule has 0 saturated carbocycles. The molecule has 9 heteroatoms. The second-order valence-electron chi connectivity index (χ2n) is 7.53. The molecule has 2 heterocycles. The third-order valence-corrected chi connectivity index (χ3v) is 7.50. The molecule has 2 saturated heterocycles. The molecule has 0 unspecified atom stereocenters. The molecule has 3 atom stereocenters. The van der Waals surface area contributed by atoms with E-state index in [1.165, 1.54) is 28.6 Å². The first-order valence-corrected chi connectivity index (χ1v) is 11.5. The number of nitro groups is 1. The van der Waals surface area contributed by atoms with Crippen LogP contribution >= 0.6 is 0 Å². The second kappa shape index (κ2) is 8.81. The molecule has 2 fully saturated rings. The Labute approximate surface area is 175 Å². The summed E-state index contributed by atoms with van der Waals surface area (Å²) in [7, 11) is -4.05. The molecule has 160 valence electrons. The molecule has 4 rings (SSSR count). The van der Waals surface area contributed by atoms with Crippen molar-refractivity contribution in [3.05, 3.63) is 70.3 Å². The van der Waals surface area contributed by atoms with Crippen molar-refractivity contribution < 1.29 is 22.8 Å². The van der Waals surface area contributed by atoms with Gasteiger partial charge in [-0.05, 0) is 37.3 Å². The van der Waals surface area contributed by atoms with Gasteiger partial charge in [-0.3, -0.25) is 10.1 Å². The van der Waals surface area contributed by atoms with Crippen molar-refractivity contribution in [2.24, 2.45) is 0 Å². The first-order chi connectivity index (χ1) is 14.5. The predicted octanol–water partition coefficient (Wildman–Crippen LogP) is 3.12. The average molecular weight is 432 g/mol. The highest BCUT2D eigenvalue weighted by Crippen LogP contribution is 2.36. The Bertz CT molecular complexity index is 992. The molecule has 2 aliphatic rings. The van der Waals surface area contributed by atoms with Crippen molar-refractivity contribution in [2.75, 3.05) is 13.2 Å². The van der Waals surface area contributed by atoms with Crippen molar-refractivity contribution in [2.45, 2.75) is 49.0 Å². The summed E-state index contributed by atoms with van der Waals surface area (Å²) in [6.45, 7) is 0.782. The number of hydrogen-bond donors (Lipinski definition) is 0. The molecule has 2 aliphatic heterocycles. The SMILES string of the molecule is O=[N+]([O-])c1ccccc1S(=O)(=O)N1C[C@@H](O[C@@H]2CCCCO2)[C@@H]1Cc1ccccc1. The van der Waals surface area contributed by atoms with Gasteiger partial charge in [-0.15, -0.1) is 0 Å². The third-order valence-electron chi connectivity index (χ3n) is 5.56. The summed E-state index contributed by atoms with van der Waals surface area (Å²) < 4.78 is 39.7. The van der Waals surface area contributed by atoms with Crippen LogP contribution in [-0.4, -0.2) is 49.2 Å². The van der Waals surface area contributed by atoms with Crippen LogP contribution in [-0.2, 0) is 25.9 Å². The van der Waals surface area contributed by atoms with Crippen molar-refractivity contribution in [1.82, 2.24) is 4.31 Å². The fourth-order valence-electron chi connectivity index (χ4n) is 3.95. The van der Waals surface area contributed by atoms with E-state index in [1.807, 2.05) is 30.3 Å². The zero-order chi connectivity index (χ0) is 21.1. The van der Waals surface area contributed by atoms with Crippen LogP contribution in [0.25, 0.3) is 0 Å². The molecule has 8 nitrogen and oxygen atoms in total. The minimum Gasteiger partial charge on any atom is -0.353 e. The van der Waals surface area contributed by atoms with Gasteiger partial charge in [-0.2, -0.15) is 4.31 Å². The van der Waals surface area contributed by atoms with E-state index in [0.717, 1.165) is 24.8 Å². The van der Waals surface area contributed by atoms with Crippen molar-refractivity contribution in [3.63, 3.8) is 0 Å². The van der Waals surface area contributed by atoms with E-state index < -0.39 is 26.7 Å². The topological polar surface area (TPSA) is 99.0 Å². The summed E-state index contributed by atoms with van der Waals surface area (Å²) in [4.78, 5) is 10.4. The van der Waals surface area contributed by atoms with E-state index in [-0.39, 0.29) is 23.8 Å². The number of ether oxygens (including phenoxy) is 2. The van der Waals surface area contributed by atoms with E-state index in [4.69, 9.17) is 9.47 Å². The first kappa shape index (κ1) is 20.9. The smallest absolute Gasteiger partial charge is 0.289 e. The second-order valence-corrected chi connectivity index (χ2v) is 9.39. The lowest BCUT2D eigenvalue weighted by Gasteiger charge is -2.47. The van der Waals surface area contributed by atoms with Gasteiger partial charge in [-0.25, -0.2) is 8.42 Å². The Morgan fingerprint density at radius 3 is 2.53 bits per heavy atom. The molecule has 0 bridgehead atoms. The fourth-order valence-corrected chi connectivity index (χ4v) is 5.77. The van der Waals surface area contributed by atoms with E-state index in [2.05, 4.69) is 0 Å². The number of rotatable bonds is 7. The minimum absolute atomic E-state index is 0.145. The number of nitrogens with zero attached hydrogens (tertiary/aromatic N) is 2. The van der Waals surface area contributed by atoms with Crippen LogP contribution in [0, 0.1) is 10.1 Å². The zero-order valence-corrected chi connectivity index (χ0v) is 17.2. The van der Waals surface area contributed by atoms with Gasteiger partial charge in [0.1, 0.15) is 0 Å². The summed E-state index contributed by atoms with van der Waals surface area (Å²) >= 11 is 0. The minimum atomic E-state index is -4.05. The van der Waals surface area contributed by atoms with Crippen LogP contribution in [0.2, 0.25) is 0 Å². The molecule has 0 spiro atoms. The van der Waals surface area contributed by atoms with E-state index in [0.29, 0.717) is 13.0 Å². The van der Waals surface area contributed by atoms with Crippen molar-refractivity contribution >= 4 is 15.7 Å². The lowest BCUT2D eigenvalue weighted by molar-refractivity contribution is -0.387. The van der Waals surface area contributed by atoms with Gasteiger partial charge >= 0.3 is 0 Å². The Morgan fingerprint density at radius 1 is 1.10 bits per heavy atom. The number of benzene rings is 2. The van der Waals surface area contributed by atoms with Gasteiger partial charge in [0.25, 0.3) is 5.69 Å². The van der Waals surface area contributed by atoms with Crippen LogP contribution in [0.15, 0.2) is 59.5 Å². The van der Waals surface area contributed by atoms with E-state index in [9.17, 15) is 18.5 Å². The fraction of sp³-hybridized carbons (Fsp3) is 0.429. The number of nitro benzene ring substituents is 1. The molecule has 0 radical (unpaired) electrons. The lowest BCUT2D eigenvalue weighted by atomic mass is 9.95. The lowest BCUT2D eigenvalue weighted by Crippen LogP contribution is -2.64. The Hall–Kier alpha value is -2.33. The molecule has 2 aromatic rings. The highest BCUT2D eigenvalue weighted by molar-refractivity contribution is 7.89. The molecule has 0 aliphatic carbocycles. The summed E-state index contributed by atoms with van der Waals surface area (Å²) in [5.41, 5.74) is 0.555. The van der Waals surface area contributed by atoms with Gasteiger partial charge in [0.05, 0.1) is 17.1 Å². The standard InChI is InChI=1S/C21H24N2O6S/c24-23(25)17-10-4-5-11-20(17)30(26,27)22-15-19(29-21-12-6-7-13-28-21)18(22)14-16-8-2-1-3-9-16/h1-5,8-11,18-19,21H,6-7,12-15H2/t18-,19+,21+/m0/s1. The quantitative estimate of drug-likeness (QED) is 0.492. The van der Waals surface area contributed by atoms with Crippen molar-refractivity contribution in [3.8, 4) is 0 Å². The van der Waals surface area contributed by atoms with E-state index >= 15 is 0 Å². The molecule has 2 aromatic carbocycles. The molecule has 0 aromatic heterocycles. The summed E-state index contributed by atoms with van der Waals surface area (Å²) in [5.74, 6) is 0. The third kappa shape index (κ3) is 4.24. The first-order valence-electron chi connectivity index (χ1n) is 10.0. The van der Waals surface area contributed by atoms with Gasteiger partial charge in [0.15, 0.2) is 11.2 Å². The Morgan fingerprint density at radius 2 is 1.83 bits per heavy atom. The largest absolute Gasteiger partial charge is 0.353 e. The molecule has 30 heavy (non-hydrogen) atoms. The number of para-hydroxylation sites is 1. The maximum atomic E-state index is 13.3. The summed E-state index contributed by atoms with van der Waals surface area (Å²) in [6, 6.07) is 14.6. The van der Waals surface area contributed by atoms with Gasteiger partial charge < -0.3 is 9.47 Å². The zero-order valence-electron chi connectivity index (χ0n) is 16.4. The monoisotopic (exact) mass is 432 g/mol. The van der Waals surface area contributed by atoms with Crippen molar-refractivity contribution in [1.29, 1.82) is 0 Å². The van der Waals surface area contributed by atoms with Gasteiger partial charge in [0, 0.05) is 19.2 Å². The molecular weight excluding hydrogens is 408 g/mol. The number of hydrogen-bond acceptors (Lipinski definition) is 6. The molecule has 0 amide bonds. The predicted molar refractivity (Wildman–Crippen MR) is 109 cm³/mol. The highest BCUT2D eigenvalue weighted by atomic mass is 32.2. The summed E-state index contributed by atoms with van der Waals surface area (Å²) in [5, 5.41) is 11.4. The normalized spacial score (nSPS) is 24.9.